The zero-order valence-corrected chi connectivity index (χ0v) is 20.7. The summed E-state index contributed by atoms with van der Waals surface area (Å²) in [6.45, 7) is 0.653. The second-order valence-electron chi connectivity index (χ2n) is 7.65. The molecule has 1 atom stereocenters. The molecular weight excluding hydrogens is 499 g/mol. The summed E-state index contributed by atoms with van der Waals surface area (Å²) in [5.41, 5.74) is 0.747. The predicted molar refractivity (Wildman–Crippen MR) is 129 cm³/mol. The Morgan fingerprint density at radius 1 is 1.06 bits per heavy atom. The van der Waals surface area contributed by atoms with Gasteiger partial charge in [0.2, 0.25) is 0 Å². The Labute approximate surface area is 212 Å². The molecule has 2 rings (SSSR count). The molecule has 11 heteroatoms. The molecule has 0 aromatic heterocycles. The van der Waals surface area contributed by atoms with Crippen LogP contribution in [0.2, 0.25) is 0 Å². The molecule has 2 aromatic carbocycles. The maximum atomic E-state index is 12.5. The molecule has 2 aromatic rings. The number of carbonyl (C=O) groups is 2. The van der Waals surface area contributed by atoms with Crippen molar-refractivity contribution in [1.29, 1.82) is 0 Å². The van der Waals surface area contributed by atoms with E-state index < -0.39 is 30.9 Å². The molecule has 0 aliphatic carbocycles. The molecular formula is C25H30F3NO6S. The summed E-state index contributed by atoms with van der Waals surface area (Å²) < 4.78 is 52.7. The number of hydrogen-bond donors (Lipinski definition) is 1. The average molecular weight is 530 g/mol. The molecule has 1 N–H and O–H groups in total. The van der Waals surface area contributed by atoms with Crippen molar-refractivity contribution in [2.45, 2.75) is 36.9 Å². The second-order valence-corrected chi connectivity index (χ2v) is 8.82. The first-order valence-corrected chi connectivity index (χ1v) is 12.4. The van der Waals surface area contributed by atoms with Crippen LogP contribution in [-0.4, -0.2) is 73.0 Å². The van der Waals surface area contributed by atoms with E-state index in [2.05, 4.69) is 4.74 Å². The van der Waals surface area contributed by atoms with Gasteiger partial charge in [-0.05, 0) is 48.9 Å². The maximum absolute atomic E-state index is 12.5. The van der Waals surface area contributed by atoms with Gasteiger partial charge in [-0.15, -0.1) is 11.8 Å². The van der Waals surface area contributed by atoms with Crippen molar-refractivity contribution in [2.24, 2.45) is 0 Å². The number of carbonyl (C=O) groups excluding carboxylic acids is 1. The van der Waals surface area contributed by atoms with Crippen LogP contribution < -0.4 is 4.74 Å². The number of nitrogens with zero attached hydrogens (tertiary/aromatic N) is 1. The number of ether oxygens (including phenoxy) is 3. The number of benzene rings is 2. The number of alkyl halides is 3. The smallest absolute Gasteiger partial charge is 0.422 e. The first-order valence-electron chi connectivity index (χ1n) is 11.4. The summed E-state index contributed by atoms with van der Waals surface area (Å²) >= 11 is 1.59. The lowest BCUT2D eigenvalue weighted by Crippen LogP contribution is -2.37. The quantitative estimate of drug-likeness (QED) is 0.248. The van der Waals surface area contributed by atoms with Gasteiger partial charge < -0.3 is 24.2 Å². The molecule has 7 nitrogen and oxygen atoms in total. The SMILES string of the molecule is CCOC(Cc1ccc(OCCN(CCCSc2ccccc2)C(=O)OCC(F)(F)F)cc1)C(=O)O. The Bertz CT molecular complexity index is 928. The molecule has 0 radical (unpaired) electrons. The van der Waals surface area contributed by atoms with Crippen molar-refractivity contribution in [1.82, 2.24) is 4.90 Å². The zero-order chi connectivity index (χ0) is 26.4. The van der Waals surface area contributed by atoms with Gasteiger partial charge in [0.05, 0.1) is 6.54 Å². The van der Waals surface area contributed by atoms with Gasteiger partial charge in [-0.2, -0.15) is 13.2 Å². The van der Waals surface area contributed by atoms with Gasteiger partial charge in [0.1, 0.15) is 12.4 Å². The number of rotatable bonds is 15. The van der Waals surface area contributed by atoms with Gasteiger partial charge in [0, 0.05) is 24.5 Å². The van der Waals surface area contributed by atoms with Crippen LogP contribution in [0.3, 0.4) is 0 Å². The van der Waals surface area contributed by atoms with Crippen molar-refractivity contribution < 1.29 is 42.1 Å². The van der Waals surface area contributed by atoms with Crippen LogP contribution in [-0.2, 0) is 20.7 Å². The number of aliphatic carboxylic acids is 1. The van der Waals surface area contributed by atoms with E-state index in [4.69, 9.17) is 9.47 Å². The van der Waals surface area contributed by atoms with Gasteiger partial charge in [0.25, 0.3) is 0 Å². The lowest BCUT2D eigenvalue weighted by atomic mass is 10.1. The van der Waals surface area contributed by atoms with E-state index in [9.17, 15) is 27.9 Å². The Morgan fingerprint density at radius 3 is 2.36 bits per heavy atom. The highest BCUT2D eigenvalue weighted by molar-refractivity contribution is 7.99. The number of carboxylic acid groups (broad SMARTS) is 1. The van der Waals surface area contributed by atoms with E-state index >= 15 is 0 Å². The molecule has 0 aliphatic heterocycles. The van der Waals surface area contributed by atoms with Gasteiger partial charge in [0.15, 0.2) is 12.7 Å². The lowest BCUT2D eigenvalue weighted by Gasteiger charge is -2.22. The summed E-state index contributed by atoms with van der Waals surface area (Å²) in [6, 6.07) is 16.4. The minimum Gasteiger partial charge on any atom is -0.492 e. The molecule has 1 amide bonds. The van der Waals surface area contributed by atoms with Crippen LogP contribution in [0.1, 0.15) is 18.9 Å². The number of halogens is 3. The summed E-state index contributed by atoms with van der Waals surface area (Å²) in [7, 11) is 0. The Hall–Kier alpha value is -2.92. The molecule has 0 aliphatic rings. The van der Waals surface area contributed by atoms with Crippen LogP contribution in [0.15, 0.2) is 59.5 Å². The van der Waals surface area contributed by atoms with Crippen LogP contribution in [0, 0.1) is 0 Å². The first-order chi connectivity index (χ1) is 17.2. The van der Waals surface area contributed by atoms with E-state index in [-0.39, 0.29) is 32.7 Å². The minimum atomic E-state index is -4.61. The third-order valence-electron chi connectivity index (χ3n) is 4.82. The molecule has 198 valence electrons. The van der Waals surface area contributed by atoms with E-state index in [1.165, 1.54) is 4.90 Å². The van der Waals surface area contributed by atoms with Crippen LogP contribution in [0.5, 0.6) is 5.75 Å². The maximum Gasteiger partial charge on any atom is 0.422 e. The highest BCUT2D eigenvalue weighted by Gasteiger charge is 2.30. The van der Waals surface area contributed by atoms with Gasteiger partial charge in [-0.25, -0.2) is 9.59 Å². The second kappa shape index (κ2) is 15.2. The summed E-state index contributed by atoms with van der Waals surface area (Å²) in [5, 5.41) is 9.20. The topological polar surface area (TPSA) is 85.3 Å². The van der Waals surface area contributed by atoms with Crippen molar-refractivity contribution in [2.75, 3.05) is 38.7 Å². The molecule has 36 heavy (non-hydrogen) atoms. The Morgan fingerprint density at radius 2 is 1.75 bits per heavy atom. The number of amides is 1. The zero-order valence-electron chi connectivity index (χ0n) is 19.9. The average Bonchev–Trinajstić information content (AvgIpc) is 2.84. The van der Waals surface area contributed by atoms with E-state index in [1.807, 2.05) is 30.3 Å². The first kappa shape index (κ1) is 29.3. The molecule has 0 fully saturated rings. The summed E-state index contributed by atoms with van der Waals surface area (Å²) in [5.74, 6) is 0.108. The molecule has 0 saturated carbocycles. The van der Waals surface area contributed by atoms with Crippen LogP contribution >= 0.6 is 11.8 Å². The fourth-order valence-corrected chi connectivity index (χ4v) is 3.98. The van der Waals surface area contributed by atoms with Crippen LogP contribution in [0.25, 0.3) is 0 Å². The molecule has 0 saturated heterocycles. The fourth-order valence-electron chi connectivity index (χ4n) is 3.12. The van der Waals surface area contributed by atoms with Crippen molar-refractivity contribution in [3.63, 3.8) is 0 Å². The molecule has 0 spiro atoms. The van der Waals surface area contributed by atoms with Gasteiger partial charge in [-0.1, -0.05) is 30.3 Å². The van der Waals surface area contributed by atoms with E-state index in [1.54, 1.807) is 43.0 Å². The summed E-state index contributed by atoms with van der Waals surface area (Å²) in [6.07, 6.45) is -5.85. The largest absolute Gasteiger partial charge is 0.492 e. The molecule has 0 heterocycles. The van der Waals surface area contributed by atoms with Crippen LogP contribution in [0.4, 0.5) is 18.0 Å². The monoisotopic (exact) mass is 529 g/mol. The number of thioether (sulfide) groups is 1. The Balaban J connectivity index is 1.86. The highest BCUT2D eigenvalue weighted by Crippen LogP contribution is 2.19. The van der Waals surface area contributed by atoms with E-state index in [0.717, 1.165) is 10.5 Å². The highest BCUT2D eigenvalue weighted by atomic mass is 32.2. The standard InChI is InChI=1S/C25H30F3NO6S/c1-2-33-22(23(30)31)17-19-9-11-20(12-10-19)34-15-14-29(24(32)35-18-25(26,27)28)13-6-16-36-21-7-4-3-5-8-21/h3-5,7-12,22H,2,6,13-18H2,1H3,(H,30,31). The van der Waals surface area contributed by atoms with Crippen molar-refractivity contribution in [3.05, 3.63) is 60.2 Å². The third kappa shape index (κ3) is 11.7. The Kier molecular flexibility index (Phi) is 12.4. The number of carboxylic acids is 1. The summed E-state index contributed by atoms with van der Waals surface area (Å²) in [4.78, 5) is 25.7. The fraction of sp³-hybridized carbons (Fsp3) is 0.440. The lowest BCUT2D eigenvalue weighted by molar-refractivity contribution is -0.162. The van der Waals surface area contributed by atoms with E-state index in [0.29, 0.717) is 17.9 Å². The van der Waals surface area contributed by atoms with Crippen molar-refractivity contribution in [3.8, 4) is 5.75 Å². The van der Waals surface area contributed by atoms with Crippen molar-refractivity contribution >= 4 is 23.8 Å². The number of hydrogen-bond acceptors (Lipinski definition) is 6. The third-order valence-corrected chi connectivity index (χ3v) is 5.92. The molecule has 1 unspecified atom stereocenters. The predicted octanol–water partition coefficient (Wildman–Crippen LogP) is 5.28. The minimum absolute atomic E-state index is 0.0415. The van der Waals surface area contributed by atoms with Gasteiger partial charge >= 0.3 is 18.2 Å². The normalized spacial score (nSPS) is 12.1. The van der Waals surface area contributed by atoms with Gasteiger partial charge in [-0.3, -0.25) is 0 Å². The molecule has 0 bridgehead atoms.